The first-order chi connectivity index (χ1) is 10.1. The normalized spacial score (nSPS) is 10.2. The highest BCUT2D eigenvalue weighted by Gasteiger charge is 2.11. The summed E-state index contributed by atoms with van der Waals surface area (Å²) in [6.45, 7) is 2.08. The summed E-state index contributed by atoms with van der Waals surface area (Å²) >= 11 is 3.36. The number of nitrogens with one attached hydrogen (secondary N) is 2. The maximum atomic E-state index is 12.4. The zero-order valence-electron chi connectivity index (χ0n) is 12.0. The molecule has 0 aliphatic carbocycles. The number of amides is 1. The Morgan fingerprint density at radius 2 is 2.19 bits per heavy atom. The standard InChI is InChI=1S/C15H17BrN4O/c1-3-5-11-8-10(9-13(17-2)19-11)15(21)20-14-12(16)6-4-7-18-14/h4,6-9H,3,5H2,1-2H3,(H,17,19)(H,18,20,21). The monoisotopic (exact) mass is 348 g/mol. The average Bonchev–Trinajstić information content (AvgIpc) is 2.49. The van der Waals surface area contributed by atoms with Crippen LogP contribution in [-0.4, -0.2) is 22.9 Å². The molecule has 2 aromatic rings. The highest BCUT2D eigenvalue weighted by atomic mass is 79.9. The molecule has 2 heterocycles. The van der Waals surface area contributed by atoms with Gasteiger partial charge in [-0.2, -0.15) is 0 Å². The van der Waals surface area contributed by atoms with E-state index in [0.717, 1.165) is 23.0 Å². The third-order valence-electron chi connectivity index (χ3n) is 2.89. The van der Waals surface area contributed by atoms with Gasteiger partial charge >= 0.3 is 0 Å². The molecule has 0 atom stereocenters. The van der Waals surface area contributed by atoms with Crippen LogP contribution in [0, 0.1) is 0 Å². The Bertz CT molecular complexity index is 645. The van der Waals surface area contributed by atoms with E-state index in [2.05, 4.69) is 43.5 Å². The molecule has 0 bridgehead atoms. The first kappa shape index (κ1) is 15.4. The molecule has 0 aliphatic rings. The first-order valence-corrected chi connectivity index (χ1v) is 7.54. The van der Waals surface area contributed by atoms with Crippen molar-refractivity contribution >= 4 is 33.5 Å². The van der Waals surface area contributed by atoms with Crippen LogP contribution in [0.25, 0.3) is 0 Å². The van der Waals surface area contributed by atoms with Crippen molar-refractivity contribution in [3.05, 3.63) is 46.2 Å². The molecular formula is C15H17BrN4O. The van der Waals surface area contributed by atoms with Gasteiger partial charge in [-0.3, -0.25) is 4.79 Å². The summed E-state index contributed by atoms with van der Waals surface area (Å²) in [5.41, 5.74) is 1.46. The van der Waals surface area contributed by atoms with Gasteiger partial charge in [0, 0.05) is 24.5 Å². The summed E-state index contributed by atoms with van der Waals surface area (Å²) in [4.78, 5) is 20.9. The Balaban J connectivity index is 2.26. The van der Waals surface area contributed by atoms with Crippen LogP contribution in [0.1, 0.15) is 29.4 Å². The van der Waals surface area contributed by atoms with E-state index in [-0.39, 0.29) is 5.91 Å². The summed E-state index contributed by atoms with van der Waals surface area (Å²) in [5.74, 6) is 0.985. The van der Waals surface area contributed by atoms with Gasteiger partial charge in [-0.25, -0.2) is 9.97 Å². The topological polar surface area (TPSA) is 66.9 Å². The number of aromatic nitrogens is 2. The number of halogens is 1. The van der Waals surface area contributed by atoms with Crippen molar-refractivity contribution in [3.8, 4) is 0 Å². The summed E-state index contributed by atoms with van der Waals surface area (Å²) in [5, 5.41) is 5.77. The average molecular weight is 349 g/mol. The van der Waals surface area contributed by atoms with E-state index in [1.807, 2.05) is 12.1 Å². The van der Waals surface area contributed by atoms with Crippen molar-refractivity contribution in [3.63, 3.8) is 0 Å². The zero-order valence-corrected chi connectivity index (χ0v) is 13.6. The maximum absolute atomic E-state index is 12.4. The molecule has 5 nitrogen and oxygen atoms in total. The first-order valence-electron chi connectivity index (χ1n) is 6.74. The molecule has 2 rings (SSSR count). The molecule has 0 saturated heterocycles. The van der Waals surface area contributed by atoms with E-state index in [4.69, 9.17) is 0 Å². The van der Waals surface area contributed by atoms with Crippen molar-refractivity contribution in [2.45, 2.75) is 19.8 Å². The second kappa shape index (κ2) is 7.17. The van der Waals surface area contributed by atoms with E-state index in [1.165, 1.54) is 0 Å². The van der Waals surface area contributed by atoms with Crippen LogP contribution in [0.3, 0.4) is 0 Å². The van der Waals surface area contributed by atoms with Gasteiger partial charge in [0.05, 0.1) is 4.47 Å². The number of carbonyl (C=O) groups excluding carboxylic acids is 1. The van der Waals surface area contributed by atoms with Crippen LogP contribution in [0.15, 0.2) is 34.9 Å². The number of rotatable bonds is 5. The molecule has 2 aromatic heterocycles. The molecule has 0 aromatic carbocycles. The predicted molar refractivity (Wildman–Crippen MR) is 87.7 cm³/mol. The van der Waals surface area contributed by atoms with Crippen LogP contribution < -0.4 is 10.6 Å². The van der Waals surface area contributed by atoms with E-state index < -0.39 is 0 Å². The fourth-order valence-electron chi connectivity index (χ4n) is 1.89. The van der Waals surface area contributed by atoms with Gasteiger partial charge in [-0.05, 0) is 46.6 Å². The number of anilines is 2. The molecule has 0 aliphatic heterocycles. The Labute approximate surface area is 132 Å². The number of hydrogen-bond donors (Lipinski definition) is 2. The van der Waals surface area contributed by atoms with Crippen molar-refractivity contribution < 1.29 is 4.79 Å². The minimum absolute atomic E-state index is 0.203. The molecule has 0 unspecified atom stereocenters. The number of aryl methyl sites for hydroxylation is 1. The number of pyridine rings is 2. The number of hydrogen-bond acceptors (Lipinski definition) is 4. The molecule has 0 saturated carbocycles. The molecule has 6 heteroatoms. The third kappa shape index (κ3) is 4.01. The SMILES string of the molecule is CCCc1cc(C(=O)Nc2ncccc2Br)cc(NC)n1. The van der Waals surface area contributed by atoms with Crippen LogP contribution in [0.2, 0.25) is 0 Å². The molecule has 0 fully saturated rings. The summed E-state index contributed by atoms with van der Waals surface area (Å²) in [6, 6.07) is 7.17. The Kier molecular flexibility index (Phi) is 5.27. The summed E-state index contributed by atoms with van der Waals surface area (Å²) in [7, 11) is 1.79. The second-order valence-corrected chi connectivity index (χ2v) is 5.37. The quantitative estimate of drug-likeness (QED) is 0.867. The lowest BCUT2D eigenvalue weighted by Gasteiger charge is -2.09. The number of nitrogens with zero attached hydrogens (tertiary/aromatic N) is 2. The van der Waals surface area contributed by atoms with Crippen molar-refractivity contribution in [1.29, 1.82) is 0 Å². The van der Waals surface area contributed by atoms with Crippen molar-refractivity contribution in [1.82, 2.24) is 9.97 Å². The van der Waals surface area contributed by atoms with Gasteiger partial charge in [-0.15, -0.1) is 0 Å². The molecule has 21 heavy (non-hydrogen) atoms. The van der Waals surface area contributed by atoms with Crippen LogP contribution in [-0.2, 0) is 6.42 Å². The molecule has 110 valence electrons. The highest BCUT2D eigenvalue weighted by Crippen LogP contribution is 2.20. The maximum Gasteiger partial charge on any atom is 0.257 e. The Morgan fingerprint density at radius 1 is 1.38 bits per heavy atom. The third-order valence-corrected chi connectivity index (χ3v) is 3.53. The smallest absolute Gasteiger partial charge is 0.257 e. The second-order valence-electron chi connectivity index (χ2n) is 4.52. The van der Waals surface area contributed by atoms with Gasteiger partial charge in [0.15, 0.2) is 0 Å². The molecule has 0 spiro atoms. The lowest BCUT2D eigenvalue weighted by molar-refractivity contribution is 0.102. The van der Waals surface area contributed by atoms with E-state index in [0.29, 0.717) is 17.2 Å². The predicted octanol–water partition coefficient (Wildman–Crippen LogP) is 3.49. The minimum Gasteiger partial charge on any atom is -0.373 e. The van der Waals surface area contributed by atoms with E-state index >= 15 is 0 Å². The van der Waals surface area contributed by atoms with E-state index in [1.54, 1.807) is 25.4 Å². The molecule has 0 radical (unpaired) electrons. The van der Waals surface area contributed by atoms with E-state index in [9.17, 15) is 4.79 Å². The fraction of sp³-hybridized carbons (Fsp3) is 0.267. The van der Waals surface area contributed by atoms with Gasteiger partial charge in [0.1, 0.15) is 11.6 Å². The largest absolute Gasteiger partial charge is 0.373 e. The summed E-state index contributed by atoms with van der Waals surface area (Å²) < 4.78 is 0.745. The zero-order chi connectivity index (χ0) is 15.2. The Hall–Kier alpha value is -1.95. The van der Waals surface area contributed by atoms with Gasteiger partial charge in [0.25, 0.3) is 5.91 Å². The van der Waals surface area contributed by atoms with Crippen molar-refractivity contribution in [2.24, 2.45) is 0 Å². The van der Waals surface area contributed by atoms with Gasteiger partial charge < -0.3 is 10.6 Å². The molecule has 1 amide bonds. The molecular weight excluding hydrogens is 332 g/mol. The minimum atomic E-state index is -0.203. The van der Waals surface area contributed by atoms with Crippen molar-refractivity contribution in [2.75, 3.05) is 17.7 Å². The summed E-state index contributed by atoms with van der Waals surface area (Å²) in [6.07, 6.45) is 3.45. The number of carbonyl (C=O) groups is 1. The highest BCUT2D eigenvalue weighted by molar-refractivity contribution is 9.10. The lowest BCUT2D eigenvalue weighted by atomic mass is 10.1. The van der Waals surface area contributed by atoms with Gasteiger partial charge in [-0.1, -0.05) is 13.3 Å². The molecule has 2 N–H and O–H groups in total. The fourth-order valence-corrected chi connectivity index (χ4v) is 2.24. The Morgan fingerprint density at radius 3 is 2.86 bits per heavy atom. The van der Waals surface area contributed by atoms with Crippen LogP contribution >= 0.6 is 15.9 Å². The lowest BCUT2D eigenvalue weighted by Crippen LogP contribution is -2.14. The van der Waals surface area contributed by atoms with Crippen LogP contribution in [0.5, 0.6) is 0 Å². The van der Waals surface area contributed by atoms with Crippen LogP contribution in [0.4, 0.5) is 11.6 Å². The van der Waals surface area contributed by atoms with Gasteiger partial charge in [0.2, 0.25) is 0 Å².